The van der Waals surface area contributed by atoms with Crippen molar-refractivity contribution in [3.05, 3.63) is 14.7 Å². The zero-order valence-electron chi connectivity index (χ0n) is 12.6. The molecule has 0 aliphatic carbocycles. The number of halogens is 2. The van der Waals surface area contributed by atoms with E-state index >= 15 is 0 Å². The Bertz CT molecular complexity index is 762. The molecule has 0 saturated carbocycles. The standard InChI is InChI=1S/C13H16Cl2N2O4S2/c1-12(2)11(18)16-13(21-12)4-3-5-17(7-13)23(19,20)8-6-9(14)22-10(8)15/h6H,3-5,7H2,1-2H3,(H,16,18). The van der Waals surface area contributed by atoms with Gasteiger partial charge in [-0.3, -0.25) is 4.79 Å². The number of hydrogen-bond donors (Lipinski definition) is 1. The third-order valence-electron chi connectivity index (χ3n) is 4.00. The minimum absolute atomic E-state index is 0.00481. The second kappa shape index (κ2) is 5.57. The van der Waals surface area contributed by atoms with Crippen LogP contribution in [0, 0.1) is 0 Å². The van der Waals surface area contributed by atoms with Crippen LogP contribution in [-0.4, -0.2) is 43.0 Å². The van der Waals surface area contributed by atoms with Gasteiger partial charge in [-0.1, -0.05) is 23.2 Å². The molecular formula is C13H16Cl2N2O4S2. The first-order valence-electron chi connectivity index (χ1n) is 7.04. The molecule has 0 aromatic carbocycles. The lowest BCUT2D eigenvalue weighted by atomic mass is 10.0. The molecule has 1 amide bonds. The van der Waals surface area contributed by atoms with Crippen molar-refractivity contribution in [3.63, 3.8) is 0 Å². The third kappa shape index (κ3) is 3.01. The van der Waals surface area contributed by atoms with Gasteiger partial charge in [-0.15, -0.1) is 11.3 Å². The number of rotatable bonds is 2. The van der Waals surface area contributed by atoms with Gasteiger partial charge in [0.05, 0.1) is 10.9 Å². The number of carbonyl (C=O) groups is 1. The van der Waals surface area contributed by atoms with E-state index in [1.54, 1.807) is 13.8 Å². The summed E-state index contributed by atoms with van der Waals surface area (Å²) in [5.74, 6) is -0.242. The van der Waals surface area contributed by atoms with Crippen LogP contribution in [0.15, 0.2) is 11.0 Å². The number of amides is 1. The van der Waals surface area contributed by atoms with Gasteiger partial charge >= 0.3 is 0 Å². The average Bonchev–Trinajstić information content (AvgIpc) is 2.87. The maximum Gasteiger partial charge on any atom is 0.254 e. The monoisotopic (exact) mass is 398 g/mol. The number of sulfonamides is 1. The second-order valence-corrected chi connectivity index (χ2v) is 10.4. The van der Waals surface area contributed by atoms with Crippen molar-refractivity contribution in [2.24, 2.45) is 0 Å². The summed E-state index contributed by atoms with van der Waals surface area (Å²) in [6, 6.07) is 1.35. The van der Waals surface area contributed by atoms with Crippen LogP contribution in [0.3, 0.4) is 0 Å². The number of piperidine rings is 1. The van der Waals surface area contributed by atoms with Gasteiger partial charge in [0.15, 0.2) is 5.72 Å². The topological polar surface area (TPSA) is 75.7 Å². The van der Waals surface area contributed by atoms with Gasteiger partial charge < -0.3 is 10.1 Å². The van der Waals surface area contributed by atoms with Crippen molar-refractivity contribution in [3.8, 4) is 0 Å². The van der Waals surface area contributed by atoms with Crippen molar-refractivity contribution in [2.45, 2.75) is 42.9 Å². The maximum atomic E-state index is 12.8. The highest BCUT2D eigenvalue weighted by Gasteiger charge is 2.53. The van der Waals surface area contributed by atoms with E-state index in [0.717, 1.165) is 11.3 Å². The molecule has 23 heavy (non-hydrogen) atoms. The van der Waals surface area contributed by atoms with Gasteiger partial charge in [-0.25, -0.2) is 8.42 Å². The summed E-state index contributed by atoms with van der Waals surface area (Å²) in [7, 11) is -3.79. The number of hydrogen-bond acceptors (Lipinski definition) is 5. The highest BCUT2D eigenvalue weighted by molar-refractivity contribution is 7.89. The van der Waals surface area contributed by atoms with E-state index in [4.69, 9.17) is 27.9 Å². The summed E-state index contributed by atoms with van der Waals surface area (Å²) in [4.78, 5) is 12.0. The quantitative estimate of drug-likeness (QED) is 0.829. The lowest BCUT2D eigenvalue weighted by Crippen LogP contribution is -2.56. The van der Waals surface area contributed by atoms with Crippen LogP contribution in [0.1, 0.15) is 26.7 Å². The Kier molecular flexibility index (Phi) is 4.23. The molecule has 3 rings (SSSR count). The van der Waals surface area contributed by atoms with Gasteiger partial charge in [-0.2, -0.15) is 4.31 Å². The molecule has 1 aromatic rings. The lowest BCUT2D eigenvalue weighted by Gasteiger charge is -2.39. The van der Waals surface area contributed by atoms with Crippen molar-refractivity contribution in [1.29, 1.82) is 0 Å². The molecule has 2 fully saturated rings. The third-order valence-corrected chi connectivity index (χ3v) is 7.60. The first-order valence-corrected chi connectivity index (χ1v) is 10.0. The largest absolute Gasteiger partial charge is 0.339 e. The molecule has 3 heterocycles. The Hall–Kier alpha value is -0.380. The van der Waals surface area contributed by atoms with E-state index in [2.05, 4.69) is 5.32 Å². The molecule has 2 saturated heterocycles. The Morgan fingerprint density at radius 3 is 2.61 bits per heavy atom. The maximum absolute atomic E-state index is 12.8. The minimum Gasteiger partial charge on any atom is -0.339 e. The second-order valence-electron chi connectivity index (χ2n) is 6.19. The highest BCUT2D eigenvalue weighted by atomic mass is 35.5. The summed E-state index contributed by atoms with van der Waals surface area (Å²) in [6.07, 6.45) is 1.14. The van der Waals surface area contributed by atoms with Crippen LogP contribution in [0.25, 0.3) is 0 Å². The zero-order valence-corrected chi connectivity index (χ0v) is 15.7. The smallest absolute Gasteiger partial charge is 0.254 e. The number of thiophene rings is 1. The molecular weight excluding hydrogens is 383 g/mol. The van der Waals surface area contributed by atoms with Crippen molar-refractivity contribution in [2.75, 3.05) is 13.1 Å². The van der Waals surface area contributed by atoms with Crippen LogP contribution in [0.2, 0.25) is 8.67 Å². The normalized spacial score (nSPS) is 28.3. The first-order chi connectivity index (χ1) is 10.6. The van der Waals surface area contributed by atoms with E-state index < -0.39 is 21.3 Å². The Morgan fingerprint density at radius 2 is 2.09 bits per heavy atom. The van der Waals surface area contributed by atoms with Crippen LogP contribution in [0.4, 0.5) is 0 Å². The lowest BCUT2D eigenvalue weighted by molar-refractivity contribution is -0.137. The van der Waals surface area contributed by atoms with Crippen LogP contribution in [0.5, 0.6) is 0 Å². The van der Waals surface area contributed by atoms with Crippen LogP contribution in [-0.2, 0) is 19.6 Å². The van der Waals surface area contributed by atoms with E-state index in [9.17, 15) is 13.2 Å². The van der Waals surface area contributed by atoms with Crippen LogP contribution < -0.4 is 5.32 Å². The van der Waals surface area contributed by atoms with Crippen molar-refractivity contribution in [1.82, 2.24) is 9.62 Å². The van der Waals surface area contributed by atoms with Crippen molar-refractivity contribution >= 4 is 50.5 Å². The number of carbonyl (C=O) groups excluding carboxylic acids is 1. The fraction of sp³-hybridized carbons (Fsp3) is 0.615. The molecule has 1 spiro atoms. The van der Waals surface area contributed by atoms with E-state index in [-0.39, 0.29) is 21.7 Å². The van der Waals surface area contributed by atoms with E-state index in [1.807, 2.05) is 0 Å². The summed E-state index contributed by atoms with van der Waals surface area (Å²) >= 11 is 12.9. The van der Waals surface area contributed by atoms with Gasteiger partial charge in [0.25, 0.3) is 5.91 Å². The molecule has 1 N–H and O–H groups in total. The van der Waals surface area contributed by atoms with Crippen molar-refractivity contribution < 1.29 is 17.9 Å². The predicted octanol–water partition coefficient (Wildman–Crippen LogP) is 2.46. The minimum atomic E-state index is -3.79. The molecule has 2 aliphatic heterocycles. The fourth-order valence-corrected chi connectivity index (χ4v) is 6.57. The van der Waals surface area contributed by atoms with E-state index in [1.165, 1.54) is 10.4 Å². The van der Waals surface area contributed by atoms with E-state index in [0.29, 0.717) is 23.7 Å². The number of nitrogens with zero attached hydrogens (tertiary/aromatic N) is 1. The Balaban J connectivity index is 1.90. The Morgan fingerprint density at radius 1 is 1.39 bits per heavy atom. The Labute approximate surface area is 148 Å². The van der Waals surface area contributed by atoms with Crippen LogP contribution >= 0.6 is 34.5 Å². The predicted molar refractivity (Wildman–Crippen MR) is 88.4 cm³/mol. The van der Waals surface area contributed by atoms with Gasteiger partial charge in [0, 0.05) is 6.54 Å². The first kappa shape index (κ1) is 17.4. The summed E-state index contributed by atoms with van der Waals surface area (Å²) in [5.41, 5.74) is -1.96. The SMILES string of the molecule is CC1(C)OC2(CCCN(S(=O)(=O)c3cc(Cl)sc3Cl)C2)NC1=O. The molecule has 0 radical (unpaired) electrons. The number of ether oxygens (including phenoxy) is 1. The summed E-state index contributed by atoms with van der Waals surface area (Å²) in [5, 5.41) is 2.81. The fourth-order valence-electron chi connectivity index (χ4n) is 2.93. The highest BCUT2D eigenvalue weighted by Crippen LogP contribution is 2.39. The molecule has 1 atom stereocenters. The molecule has 10 heteroatoms. The zero-order chi connectivity index (χ0) is 17.0. The molecule has 2 aliphatic rings. The molecule has 6 nitrogen and oxygen atoms in total. The molecule has 1 unspecified atom stereocenters. The molecule has 1 aromatic heterocycles. The average molecular weight is 399 g/mol. The molecule has 0 bridgehead atoms. The summed E-state index contributed by atoms with van der Waals surface area (Å²) in [6.45, 7) is 3.72. The summed E-state index contributed by atoms with van der Waals surface area (Å²) < 4.78 is 33.3. The number of nitrogens with one attached hydrogen (secondary N) is 1. The molecule has 128 valence electrons. The van der Waals surface area contributed by atoms with Gasteiger partial charge in [0.2, 0.25) is 10.0 Å². The van der Waals surface area contributed by atoms with Gasteiger partial charge in [0.1, 0.15) is 14.8 Å². The van der Waals surface area contributed by atoms with Gasteiger partial charge in [-0.05, 0) is 32.8 Å².